The van der Waals surface area contributed by atoms with E-state index in [9.17, 15) is 9.59 Å². The highest BCUT2D eigenvalue weighted by molar-refractivity contribution is 6.43. The Morgan fingerprint density at radius 1 is 1.00 bits per heavy atom. The lowest BCUT2D eigenvalue weighted by Crippen LogP contribution is -2.46. The Kier molecular flexibility index (Phi) is 9.09. The number of pyridine rings is 1. The molecule has 3 aromatic rings. The second kappa shape index (κ2) is 12.5. The van der Waals surface area contributed by atoms with Crippen molar-refractivity contribution in [2.45, 2.75) is 19.6 Å². The van der Waals surface area contributed by atoms with Gasteiger partial charge in [-0.2, -0.15) is 0 Å². The van der Waals surface area contributed by atoms with Gasteiger partial charge < -0.3 is 20.1 Å². The van der Waals surface area contributed by atoms with Gasteiger partial charge in [-0.3, -0.25) is 19.1 Å². The Bertz CT molecular complexity index is 1260. The van der Waals surface area contributed by atoms with Crippen molar-refractivity contribution in [1.29, 1.82) is 0 Å². The van der Waals surface area contributed by atoms with E-state index in [-0.39, 0.29) is 18.8 Å². The number of anilines is 1. The highest BCUT2D eigenvalue weighted by Crippen LogP contribution is 2.32. The maximum atomic E-state index is 12.3. The van der Waals surface area contributed by atoms with Crippen molar-refractivity contribution in [1.82, 2.24) is 9.47 Å². The SMILES string of the molecule is NCC(=O)OCn1c(=O)ccc2ccc(OCCCCN3CCN(c4cccc(Cl)c4Cl)CC3)cc21. The molecule has 1 aliphatic rings. The van der Waals surface area contributed by atoms with Gasteiger partial charge in [-0.25, -0.2) is 0 Å². The summed E-state index contributed by atoms with van der Waals surface area (Å²) in [5.41, 5.74) is 6.66. The summed E-state index contributed by atoms with van der Waals surface area (Å²) in [6, 6.07) is 14.5. The zero-order valence-corrected chi connectivity index (χ0v) is 21.5. The van der Waals surface area contributed by atoms with E-state index in [1.54, 1.807) is 12.1 Å². The number of rotatable bonds is 10. The highest BCUT2D eigenvalue weighted by Gasteiger charge is 2.19. The lowest BCUT2D eigenvalue weighted by Gasteiger charge is -2.36. The molecule has 0 aliphatic carbocycles. The minimum absolute atomic E-state index is 0.188. The van der Waals surface area contributed by atoms with Gasteiger partial charge in [0.25, 0.3) is 5.56 Å². The number of ether oxygens (including phenoxy) is 2. The molecular weight excluding hydrogens is 503 g/mol. The van der Waals surface area contributed by atoms with Crippen LogP contribution in [0.1, 0.15) is 12.8 Å². The first-order valence-electron chi connectivity index (χ1n) is 12.0. The molecule has 10 heteroatoms. The van der Waals surface area contributed by atoms with Crippen molar-refractivity contribution in [3.05, 3.63) is 68.9 Å². The number of nitrogens with zero attached hydrogens (tertiary/aromatic N) is 3. The first-order chi connectivity index (χ1) is 17.5. The number of halogens is 2. The summed E-state index contributed by atoms with van der Waals surface area (Å²) in [6.07, 6.45) is 1.93. The second-order valence-electron chi connectivity index (χ2n) is 8.63. The molecular formula is C26H30Cl2N4O4. The molecule has 2 heterocycles. The van der Waals surface area contributed by atoms with Gasteiger partial charge in [0.05, 0.1) is 34.4 Å². The van der Waals surface area contributed by atoms with Crippen molar-refractivity contribution < 1.29 is 14.3 Å². The number of benzene rings is 2. The lowest BCUT2D eigenvalue weighted by molar-refractivity contribution is -0.145. The van der Waals surface area contributed by atoms with Crippen LogP contribution in [-0.4, -0.2) is 61.3 Å². The van der Waals surface area contributed by atoms with Gasteiger partial charge in [0.15, 0.2) is 6.73 Å². The molecule has 0 unspecified atom stereocenters. The van der Waals surface area contributed by atoms with Crippen molar-refractivity contribution in [2.75, 3.05) is 50.8 Å². The summed E-state index contributed by atoms with van der Waals surface area (Å²) in [5.74, 6) is 0.0972. The molecule has 1 aliphatic heterocycles. The van der Waals surface area contributed by atoms with Gasteiger partial charge in [-0.1, -0.05) is 29.3 Å². The topological polar surface area (TPSA) is 90.0 Å². The molecule has 0 spiro atoms. The van der Waals surface area contributed by atoms with Gasteiger partial charge >= 0.3 is 5.97 Å². The van der Waals surface area contributed by atoms with Crippen LogP contribution in [0.15, 0.2) is 53.3 Å². The normalized spacial score (nSPS) is 14.2. The van der Waals surface area contributed by atoms with E-state index in [1.807, 2.05) is 30.3 Å². The predicted octanol–water partition coefficient (Wildman–Crippen LogP) is 3.75. The predicted molar refractivity (Wildman–Crippen MR) is 143 cm³/mol. The summed E-state index contributed by atoms with van der Waals surface area (Å²) < 4.78 is 12.4. The molecule has 0 radical (unpaired) electrons. The van der Waals surface area contributed by atoms with E-state index in [4.69, 9.17) is 38.4 Å². The van der Waals surface area contributed by atoms with Gasteiger partial charge in [-0.05, 0) is 55.1 Å². The summed E-state index contributed by atoms with van der Waals surface area (Å²) in [4.78, 5) is 28.5. The van der Waals surface area contributed by atoms with E-state index in [0.717, 1.165) is 56.6 Å². The Hall–Kier alpha value is -2.78. The van der Waals surface area contributed by atoms with Crippen LogP contribution in [0.25, 0.3) is 10.9 Å². The number of unbranched alkanes of at least 4 members (excludes halogenated alkanes) is 1. The number of hydrogen-bond donors (Lipinski definition) is 1. The molecule has 2 N–H and O–H groups in total. The summed E-state index contributed by atoms with van der Waals surface area (Å²) >= 11 is 12.5. The van der Waals surface area contributed by atoms with Crippen LogP contribution in [-0.2, 0) is 16.3 Å². The third-order valence-electron chi connectivity index (χ3n) is 6.27. The van der Waals surface area contributed by atoms with Crippen LogP contribution in [0.4, 0.5) is 5.69 Å². The van der Waals surface area contributed by atoms with Crippen molar-refractivity contribution >= 4 is 45.8 Å². The van der Waals surface area contributed by atoms with Gasteiger partial charge in [-0.15, -0.1) is 0 Å². The molecule has 0 atom stereocenters. The number of fused-ring (bicyclic) bond motifs is 1. The maximum absolute atomic E-state index is 12.3. The molecule has 0 amide bonds. The van der Waals surface area contributed by atoms with E-state index in [0.29, 0.717) is 27.9 Å². The first kappa shape index (κ1) is 26.3. The number of hydrogen-bond acceptors (Lipinski definition) is 7. The summed E-state index contributed by atoms with van der Waals surface area (Å²) in [7, 11) is 0. The van der Waals surface area contributed by atoms with E-state index < -0.39 is 5.97 Å². The minimum Gasteiger partial charge on any atom is -0.494 e. The van der Waals surface area contributed by atoms with Crippen LogP contribution >= 0.6 is 23.2 Å². The number of esters is 1. The standard InChI is InChI=1S/C26H30Cl2N4O4/c27-21-4-3-5-22(26(21)28)31-13-11-30(12-14-31)10-1-2-15-35-20-8-6-19-7-9-24(33)32(23(19)16-20)18-36-25(34)17-29/h3-9,16H,1-2,10-15,17-18,29H2. The Balaban J connectivity index is 1.23. The van der Waals surface area contributed by atoms with Crippen LogP contribution < -0.4 is 20.9 Å². The lowest BCUT2D eigenvalue weighted by atomic mass is 10.2. The van der Waals surface area contributed by atoms with Crippen molar-refractivity contribution in [2.24, 2.45) is 5.73 Å². The smallest absolute Gasteiger partial charge is 0.321 e. The fraction of sp³-hybridized carbons (Fsp3) is 0.385. The van der Waals surface area contributed by atoms with Crippen LogP contribution in [0.2, 0.25) is 10.0 Å². The molecule has 2 aromatic carbocycles. The molecule has 0 bridgehead atoms. The van der Waals surface area contributed by atoms with Crippen LogP contribution in [0.5, 0.6) is 5.75 Å². The molecule has 1 fully saturated rings. The van der Waals surface area contributed by atoms with Gasteiger partial charge in [0.2, 0.25) is 0 Å². The van der Waals surface area contributed by atoms with Crippen molar-refractivity contribution in [3.63, 3.8) is 0 Å². The third-order valence-corrected chi connectivity index (χ3v) is 7.08. The Labute approximate surface area is 220 Å². The second-order valence-corrected chi connectivity index (χ2v) is 9.41. The number of carbonyl (C=O) groups excluding carboxylic acids is 1. The highest BCUT2D eigenvalue weighted by atomic mass is 35.5. The zero-order valence-electron chi connectivity index (χ0n) is 20.0. The minimum atomic E-state index is -0.569. The van der Waals surface area contributed by atoms with Crippen LogP contribution in [0.3, 0.4) is 0 Å². The Morgan fingerprint density at radius 3 is 2.56 bits per heavy atom. The van der Waals surface area contributed by atoms with E-state index in [1.165, 1.54) is 10.6 Å². The molecule has 8 nitrogen and oxygen atoms in total. The maximum Gasteiger partial charge on any atom is 0.321 e. The number of piperazine rings is 1. The molecule has 4 rings (SSSR count). The fourth-order valence-corrected chi connectivity index (χ4v) is 4.68. The monoisotopic (exact) mass is 532 g/mol. The van der Waals surface area contributed by atoms with Crippen molar-refractivity contribution in [3.8, 4) is 5.75 Å². The van der Waals surface area contributed by atoms with Gasteiger partial charge in [0, 0.05) is 38.3 Å². The average Bonchev–Trinajstić information content (AvgIpc) is 2.89. The molecule has 1 saturated heterocycles. The fourth-order valence-electron chi connectivity index (χ4n) is 4.26. The number of aromatic nitrogens is 1. The zero-order chi connectivity index (χ0) is 25.5. The summed E-state index contributed by atoms with van der Waals surface area (Å²) in [6.45, 7) is 4.92. The largest absolute Gasteiger partial charge is 0.494 e. The Morgan fingerprint density at radius 2 is 1.78 bits per heavy atom. The summed E-state index contributed by atoms with van der Waals surface area (Å²) in [5, 5.41) is 2.05. The number of nitrogens with two attached hydrogens (primary N) is 1. The average molecular weight is 533 g/mol. The van der Waals surface area contributed by atoms with Crippen LogP contribution in [0, 0.1) is 0 Å². The quantitative estimate of drug-likeness (QED) is 0.314. The van der Waals surface area contributed by atoms with E-state index >= 15 is 0 Å². The first-order valence-corrected chi connectivity index (χ1v) is 12.8. The third kappa shape index (κ3) is 6.50. The molecule has 0 saturated carbocycles. The molecule has 192 valence electrons. The van der Waals surface area contributed by atoms with Gasteiger partial charge in [0.1, 0.15) is 5.75 Å². The number of carbonyl (C=O) groups is 1. The molecule has 36 heavy (non-hydrogen) atoms. The van der Waals surface area contributed by atoms with E-state index in [2.05, 4.69) is 9.80 Å². The molecule has 1 aromatic heterocycles.